The Balaban J connectivity index is 1.67. The zero-order chi connectivity index (χ0) is 22.2. The molecule has 0 aliphatic carbocycles. The molecule has 1 atom stereocenters. The van der Waals surface area contributed by atoms with E-state index in [1.54, 1.807) is 30.3 Å². The molecule has 3 rings (SSSR count). The lowest BCUT2D eigenvalue weighted by molar-refractivity contribution is -0.148. The molecule has 156 valence electrons. The largest absolute Gasteiger partial charge is 0.494 e. The molecule has 0 unspecified atom stereocenters. The molecule has 1 N–H and O–H groups in total. The predicted molar refractivity (Wildman–Crippen MR) is 119 cm³/mol. The number of nitrogens with one attached hydrogen (secondary N) is 1. The number of nitriles is 1. The first kappa shape index (κ1) is 21.6. The first-order chi connectivity index (χ1) is 15.0. The number of hydrogen-bond donors (Lipinski definition) is 1. The average Bonchev–Trinajstić information content (AvgIpc) is 2.78. The first-order valence-electron chi connectivity index (χ1n) is 9.86. The molecular formula is C25H22N2O4. The summed E-state index contributed by atoms with van der Waals surface area (Å²) in [5.41, 5.74) is 1.07. The van der Waals surface area contributed by atoms with Gasteiger partial charge in [-0.1, -0.05) is 48.5 Å². The highest BCUT2D eigenvalue weighted by atomic mass is 16.5. The van der Waals surface area contributed by atoms with Crippen LogP contribution in [0.5, 0.6) is 5.75 Å². The molecule has 31 heavy (non-hydrogen) atoms. The highest BCUT2D eigenvalue weighted by molar-refractivity contribution is 6.05. The van der Waals surface area contributed by atoms with Gasteiger partial charge in [-0.05, 0) is 49.1 Å². The quantitative estimate of drug-likeness (QED) is 0.343. The average molecular weight is 414 g/mol. The number of rotatable bonds is 7. The summed E-state index contributed by atoms with van der Waals surface area (Å²) in [6.07, 6.45) is 0.330. The molecule has 0 aliphatic heterocycles. The van der Waals surface area contributed by atoms with E-state index >= 15 is 0 Å². The molecule has 0 bridgehead atoms. The maximum atomic E-state index is 12.6. The maximum absolute atomic E-state index is 12.6. The zero-order valence-electron chi connectivity index (χ0n) is 17.3. The Morgan fingerprint density at radius 2 is 1.77 bits per heavy atom. The van der Waals surface area contributed by atoms with Crippen molar-refractivity contribution < 1.29 is 19.1 Å². The number of nitrogens with zero attached hydrogens (tertiary/aromatic N) is 1. The van der Waals surface area contributed by atoms with Crippen LogP contribution in [0.2, 0.25) is 0 Å². The van der Waals surface area contributed by atoms with Gasteiger partial charge in [0.15, 0.2) is 6.10 Å². The second-order valence-electron chi connectivity index (χ2n) is 6.74. The molecule has 3 aromatic rings. The zero-order valence-corrected chi connectivity index (χ0v) is 17.3. The minimum absolute atomic E-state index is 0.200. The summed E-state index contributed by atoms with van der Waals surface area (Å²) >= 11 is 0. The van der Waals surface area contributed by atoms with Crippen molar-refractivity contribution in [3.63, 3.8) is 0 Å². The fourth-order valence-electron chi connectivity index (χ4n) is 2.98. The molecule has 0 spiro atoms. The minimum Gasteiger partial charge on any atom is -0.494 e. The van der Waals surface area contributed by atoms with Crippen LogP contribution in [-0.4, -0.2) is 24.6 Å². The highest BCUT2D eigenvalue weighted by Gasteiger charge is 2.21. The van der Waals surface area contributed by atoms with Gasteiger partial charge in [0.25, 0.3) is 5.91 Å². The number of carbonyl (C=O) groups excluding carboxylic acids is 2. The van der Waals surface area contributed by atoms with E-state index in [1.807, 2.05) is 49.4 Å². The summed E-state index contributed by atoms with van der Waals surface area (Å²) < 4.78 is 10.6. The van der Waals surface area contributed by atoms with Crippen molar-refractivity contribution in [1.29, 1.82) is 5.26 Å². The number of esters is 1. The fourth-order valence-corrected chi connectivity index (χ4v) is 2.98. The molecule has 1 amide bonds. The van der Waals surface area contributed by atoms with Crippen LogP contribution in [0.1, 0.15) is 19.4 Å². The van der Waals surface area contributed by atoms with Gasteiger partial charge in [-0.25, -0.2) is 4.79 Å². The van der Waals surface area contributed by atoms with Crippen molar-refractivity contribution in [2.24, 2.45) is 0 Å². The first-order valence-corrected chi connectivity index (χ1v) is 9.86. The van der Waals surface area contributed by atoms with E-state index < -0.39 is 18.0 Å². The van der Waals surface area contributed by atoms with Crippen molar-refractivity contribution in [2.75, 3.05) is 11.9 Å². The molecule has 0 saturated heterocycles. The topological polar surface area (TPSA) is 88.4 Å². The summed E-state index contributed by atoms with van der Waals surface area (Å²) in [6, 6.07) is 22.0. The summed E-state index contributed by atoms with van der Waals surface area (Å²) in [4.78, 5) is 25.0. The molecule has 3 aromatic carbocycles. The van der Waals surface area contributed by atoms with Crippen LogP contribution in [0.15, 0.2) is 72.3 Å². The van der Waals surface area contributed by atoms with Crippen LogP contribution in [0, 0.1) is 11.3 Å². The van der Waals surface area contributed by atoms with Crippen LogP contribution in [0.4, 0.5) is 5.69 Å². The second kappa shape index (κ2) is 10.1. The summed E-state index contributed by atoms with van der Waals surface area (Å²) in [5.74, 6) is -0.653. The summed E-state index contributed by atoms with van der Waals surface area (Å²) in [7, 11) is 0. The van der Waals surface area contributed by atoms with Gasteiger partial charge in [-0.2, -0.15) is 5.26 Å². The van der Waals surface area contributed by atoms with Crippen LogP contribution >= 0.6 is 0 Å². The van der Waals surface area contributed by atoms with E-state index in [0.717, 1.165) is 10.8 Å². The number of fused-ring (bicyclic) bond motifs is 1. The Morgan fingerprint density at radius 1 is 1.06 bits per heavy atom. The number of benzene rings is 3. The van der Waals surface area contributed by atoms with Crippen LogP contribution in [-0.2, 0) is 14.3 Å². The smallest absolute Gasteiger partial charge is 0.349 e. The number of anilines is 1. The lowest BCUT2D eigenvalue weighted by Crippen LogP contribution is -2.30. The number of amides is 1. The highest BCUT2D eigenvalue weighted by Crippen LogP contribution is 2.23. The van der Waals surface area contributed by atoms with Gasteiger partial charge in [0, 0.05) is 11.1 Å². The van der Waals surface area contributed by atoms with Gasteiger partial charge >= 0.3 is 5.97 Å². The SMILES string of the molecule is CCOc1ccc(/C=C(\C#N)C(=O)O[C@@H](C)C(=O)Nc2cccc3ccccc23)cc1. The van der Waals surface area contributed by atoms with Gasteiger partial charge in [0.05, 0.1) is 6.61 Å². The van der Waals surface area contributed by atoms with Gasteiger partial charge in [-0.3, -0.25) is 4.79 Å². The van der Waals surface area contributed by atoms with Crippen molar-refractivity contribution >= 4 is 34.4 Å². The molecular weight excluding hydrogens is 392 g/mol. The predicted octanol–water partition coefficient (Wildman–Crippen LogP) is 4.72. The Morgan fingerprint density at radius 3 is 2.48 bits per heavy atom. The number of hydrogen-bond acceptors (Lipinski definition) is 5. The molecule has 6 nitrogen and oxygen atoms in total. The third-order valence-corrected chi connectivity index (χ3v) is 4.54. The molecule has 0 radical (unpaired) electrons. The summed E-state index contributed by atoms with van der Waals surface area (Å²) in [5, 5.41) is 14.0. The second-order valence-corrected chi connectivity index (χ2v) is 6.74. The third kappa shape index (κ3) is 5.49. The molecule has 0 fully saturated rings. The van der Waals surface area contributed by atoms with E-state index in [2.05, 4.69) is 5.32 Å². The molecule has 0 saturated carbocycles. The third-order valence-electron chi connectivity index (χ3n) is 4.54. The van der Waals surface area contributed by atoms with Gasteiger partial charge in [0.1, 0.15) is 17.4 Å². The van der Waals surface area contributed by atoms with Crippen molar-refractivity contribution in [1.82, 2.24) is 0 Å². The number of ether oxygens (including phenoxy) is 2. The van der Waals surface area contributed by atoms with E-state index in [-0.39, 0.29) is 5.57 Å². The van der Waals surface area contributed by atoms with E-state index in [1.165, 1.54) is 13.0 Å². The van der Waals surface area contributed by atoms with Gasteiger partial charge in [-0.15, -0.1) is 0 Å². The standard InChI is InChI=1S/C25H22N2O4/c1-3-30-21-13-11-18(12-14-21)15-20(16-26)25(29)31-17(2)24(28)27-23-10-6-8-19-7-4-5-9-22(19)23/h4-15,17H,3H2,1-2H3,(H,27,28)/b20-15+/t17-/m0/s1. The van der Waals surface area contributed by atoms with Crippen molar-refractivity contribution in [3.8, 4) is 11.8 Å². The normalized spacial score (nSPS) is 12.0. The monoisotopic (exact) mass is 414 g/mol. The lowest BCUT2D eigenvalue weighted by atomic mass is 10.1. The Labute approximate surface area is 180 Å². The Kier molecular flexibility index (Phi) is 7.02. The maximum Gasteiger partial charge on any atom is 0.349 e. The van der Waals surface area contributed by atoms with Crippen LogP contribution in [0.3, 0.4) is 0 Å². The van der Waals surface area contributed by atoms with Crippen molar-refractivity contribution in [2.45, 2.75) is 20.0 Å². The minimum atomic E-state index is -1.08. The van der Waals surface area contributed by atoms with Gasteiger partial charge < -0.3 is 14.8 Å². The Hall–Kier alpha value is -4.11. The molecule has 0 heterocycles. The summed E-state index contributed by atoms with van der Waals surface area (Å²) in [6.45, 7) is 3.89. The van der Waals surface area contributed by atoms with Crippen molar-refractivity contribution in [3.05, 3.63) is 77.9 Å². The molecule has 6 heteroatoms. The van der Waals surface area contributed by atoms with Gasteiger partial charge in [0.2, 0.25) is 0 Å². The van der Waals surface area contributed by atoms with Crippen LogP contribution < -0.4 is 10.1 Å². The molecule has 0 aliphatic rings. The van der Waals surface area contributed by atoms with E-state index in [4.69, 9.17) is 9.47 Å². The lowest BCUT2D eigenvalue weighted by Gasteiger charge is -2.14. The van der Waals surface area contributed by atoms with Crippen LogP contribution in [0.25, 0.3) is 16.8 Å². The van der Waals surface area contributed by atoms with E-state index in [0.29, 0.717) is 23.6 Å². The van der Waals surface area contributed by atoms with E-state index in [9.17, 15) is 14.9 Å². The molecule has 0 aromatic heterocycles. The number of carbonyl (C=O) groups is 2. The Bertz CT molecular complexity index is 1150. The fraction of sp³-hybridized carbons (Fsp3) is 0.160.